The van der Waals surface area contributed by atoms with Gasteiger partial charge in [0.15, 0.2) is 5.78 Å². The Bertz CT molecular complexity index is 688. The van der Waals surface area contributed by atoms with E-state index in [0.717, 1.165) is 4.47 Å². The van der Waals surface area contributed by atoms with Crippen LogP contribution in [-0.2, 0) is 6.42 Å². The molecule has 0 N–H and O–H groups in total. The Kier molecular flexibility index (Phi) is 4.52. The highest BCUT2D eigenvalue weighted by molar-refractivity contribution is 9.10. The number of halogens is 2. The molecular formula is C14H9BrClNO3. The molecule has 0 fully saturated rings. The van der Waals surface area contributed by atoms with Crippen molar-refractivity contribution in [2.24, 2.45) is 0 Å². The number of nitro groups is 1. The summed E-state index contributed by atoms with van der Waals surface area (Å²) in [5, 5.41) is 11.3. The predicted molar refractivity (Wildman–Crippen MR) is 80.3 cm³/mol. The van der Waals surface area contributed by atoms with Crippen molar-refractivity contribution in [3.05, 3.63) is 73.2 Å². The van der Waals surface area contributed by atoms with E-state index >= 15 is 0 Å². The first-order chi connectivity index (χ1) is 9.49. The Morgan fingerprint density at radius 3 is 2.65 bits per heavy atom. The van der Waals surface area contributed by atoms with Crippen molar-refractivity contribution in [3.8, 4) is 0 Å². The summed E-state index contributed by atoms with van der Waals surface area (Å²) in [5.41, 5.74) is 0.657. The van der Waals surface area contributed by atoms with Crippen LogP contribution in [0.3, 0.4) is 0 Å². The van der Waals surface area contributed by atoms with Crippen LogP contribution in [0.25, 0.3) is 0 Å². The van der Waals surface area contributed by atoms with E-state index in [1.54, 1.807) is 36.4 Å². The number of para-hydroxylation sites is 1. The lowest BCUT2D eigenvalue weighted by molar-refractivity contribution is -0.385. The monoisotopic (exact) mass is 353 g/mol. The molecule has 102 valence electrons. The number of ketones is 1. The standard InChI is InChI=1S/C14H9BrClNO3/c15-10-5-6-12(16)11(8-10)14(18)7-9-3-1-2-4-13(9)17(19)20/h1-6,8H,7H2. The molecule has 4 nitrogen and oxygen atoms in total. The molecule has 0 aliphatic heterocycles. The number of nitrogens with zero attached hydrogens (tertiary/aromatic N) is 1. The first kappa shape index (κ1) is 14.7. The second kappa shape index (κ2) is 6.15. The van der Waals surface area contributed by atoms with Crippen LogP contribution in [0.15, 0.2) is 46.9 Å². The van der Waals surface area contributed by atoms with Gasteiger partial charge in [-0.05, 0) is 18.2 Å². The van der Waals surface area contributed by atoms with Crippen LogP contribution in [0.2, 0.25) is 5.02 Å². The lowest BCUT2D eigenvalue weighted by Crippen LogP contribution is -2.06. The Morgan fingerprint density at radius 2 is 1.95 bits per heavy atom. The zero-order valence-corrected chi connectivity index (χ0v) is 12.5. The summed E-state index contributed by atoms with van der Waals surface area (Å²) in [6, 6.07) is 11.1. The van der Waals surface area contributed by atoms with E-state index in [1.807, 2.05) is 0 Å². The van der Waals surface area contributed by atoms with Crippen molar-refractivity contribution in [1.29, 1.82) is 0 Å². The molecule has 0 amide bonds. The zero-order valence-electron chi connectivity index (χ0n) is 10.2. The molecular weight excluding hydrogens is 346 g/mol. The molecule has 0 bridgehead atoms. The van der Waals surface area contributed by atoms with Gasteiger partial charge >= 0.3 is 0 Å². The van der Waals surface area contributed by atoms with Crippen LogP contribution in [-0.4, -0.2) is 10.7 Å². The Labute approximate surface area is 128 Å². The third kappa shape index (κ3) is 3.23. The summed E-state index contributed by atoms with van der Waals surface area (Å²) >= 11 is 9.25. The lowest BCUT2D eigenvalue weighted by Gasteiger charge is -2.05. The van der Waals surface area contributed by atoms with Crippen LogP contribution in [0.1, 0.15) is 15.9 Å². The largest absolute Gasteiger partial charge is 0.294 e. The first-order valence-corrected chi connectivity index (χ1v) is 6.86. The quantitative estimate of drug-likeness (QED) is 0.463. The fourth-order valence-electron chi connectivity index (χ4n) is 1.82. The topological polar surface area (TPSA) is 60.2 Å². The highest BCUT2D eigenvalue weighted by Gasteiger charge is 2.18. The summed E-state index contributed by atoms with van der Waals surface area (Å²) in [7, 11) is 0. The van der Waals surface area contributed by atoms with Crippen LogP contribution in [0.4, 0.5) is 5.69 Å². The SMILES string of the molecule is O=C(Cc1ccccc1[N+](=O)[O-])c1cc(Br)ccc1Cl. The van der Waals surface area contributed by atoms with Gasteiger partial charge in [-0.1, -0.05) is 45.7 Å². The summed E-state index contributed by atoms with van der Waals surface area (Å²) in [4.78, 5) is 22.7. The number of benzene rings is 2. The fraction of sp³-hybridized carbons (Fsp3) is 0.0714. The maximum atomic E-state index is 12.2. The van der Waals surface area contributed by atoms with Gasteiger partial charge in [0.05, 0.1) is 9.95 Å². The molecule has 0 saturated carbocycles. The van der Waals surface area contributed by atoms with E-state index in [-0.39, 0.29) is 17.9 Å². The van der Waals surface area contributed by atoms with Crippen molar-refractivity contribution in [2.75, 3.05) is 0 Å². The van der Waals surface area contributed by atoms with Crippen molar-refractivity contribution in [2.45, 2.75) is 6.42 Å². The second-order valence-electron chi connectivity index (χ2n) is 4.11. The Morgan fingerprint density at radius 1 is 1.25 bits per heavy atom. The van der Waals surface area contributed by atoms with Gasteiger partial charge in [-0.25, -0.2) is 0 Å². The maximum absolute atomic E-state index is 12.2. The number of carbonyl (C=O) groups is 1. The summed E-state index contributed by atoms with van der Waals surface area (Å²) in [6.45, 7) is 0. The number of rotatable bonds is 4. The van der Waals surface area contributed by atoms with Gasteiger partial charge in [0.2, 0.25) is 0 Å². The van der Waals surface area contributed by atoms with Gasteiger partial charge in [0.25, 0.3) is 5.69 Å². The molecule has 0 unspecified atom stereocenters. The number of carbonyl (C=O) groups excluding carboxylic acids is 1. The average molecular weight is 355 g/mol. The minimum Gasteiger partial charge on any atom is -0.294 e. The van der Waals surface area contributed by atoms with Gasteiger partial charge < -0.3 is 0 Å². The maximum Gasteiger partial charge on any atom is 0.273 e. The molecule has 0 radical (unpaired) electrons. The molecule has 20 heavy (non-hydrogen) atoms. The molecule has 2 aromatic carbocycles. The zero-order chi connectivity index (χ0) is 14.7. The number of hydrogen-bond donors (Lipinski definition) is 0. The fourth-order valence-corrected chi connectivity index (χ4v) is 2.40. The van der Waals surface area contributed by atoms with Gasteiger partial charge in [0, 0.05) is 28.1 Å². The Hall–Kier alpha value is -1.72. The molecule has 0 aliphatic rings. The van der Waals surface area contributed by atoms with Crippen molar-refractivity contribution in [3.63, 3.8) is 0 Å². The molecule has 6 heteroatoms. The molecule has 0 spiro atoms. The van der Waals surface area contributed by atoms with E-state index in [2.05, 4.69) is 15.9 Å². The van der Waals surface area contributed by atoms with Gasteiger partial charge in [-0.3, -0.25) is 14.9 Å². The molecule has 2 rings (SSSR count). The summed E-state index contributed by atoms with van der Waals surface area (Å²) in [6.07, 6.45) is -0.0622. The number of Topliss-reactive ketones (excluding diaryl/α,β-unsaturated/α-hetero) is 1. The van der Waals surface area contributed by atoms with Crippen molar-refractivity contribution < 1.29 is 9.72 Å². The number of hydrogen-bond acceptors (Lipinski definition) is 3. The third-order valence-corrected chi connectivity index (χ3v) is 3.59. The average Bonchev–Trinajstić information content (AvgIpc) is 2.41. The lowest BCUT2D eigenvalue weighted by atomic mass is 10.0. The Balaban J connectivity index is 2.33. The molecule has 0 atom stereocenters. The van der Waals surface area contributed by atoms with E-state index in [9.17, 15) is 14.9 Å². The smallest absolute Gasteiger partial charge is 0.273 e. The highest BCUT2D eigenvalue weighted by atomic mass is 79.9. The molecule has 0 aromatic heterocycles. The van der Waals surface area contributed by atoms with E-state index in [0.29, 0.717) is 16.1 Å². The summed E-state index contributed by atoms with van der Waals surface area (Å²) < 4.78 is 0.729. The normalized spacial score (nSPS) is 10.3. The highest BCUT2D eigenvalue weighted by Crippen LogP contribution is 2.25. The summed E-state index contributed by atoms with van der Waals surface area (Å²) in [5.74, 6) is -0.259. The van der Waals surface area contributed by atoms with Crippen LogP contribution in [0, 0.1) is 10.1 Å². The van der Waals surface area contributed by atoms with E-state index < -0.39 is 4.92 Å². The van der Waals surface area contributed by atoms with Gasteiger partial charge in [-0.2, -0.15) is 0 Å². The van der Waals surface area contributed by atoms with Crippen molar-refractivity contribution in [1.82, 2.24) is 0 Å². The van der Waals surface area contributed by atoms with Crippen molar-refractivity contribution >= 4 is 39.0 Å². The first-order valence-electron chi connectivity index (χ1n) is 5.69. The predicted octanol–water partition coefficient (Wildman–Crippen LogP) is 4.44. The third-order valence-electron chi connectivity index (χ3n) is 2.77. The van der Waals surface area contributed by atoms with Crippen LogP contribution >= 0.6 is 27.5 Å². The molecule has 2 aromatic rings. The number of nitro benzene ring substituents is 1. The minimum atomic E-state index is -0.495. The van der Waals surface area contributed by atoms with Crippen LogP contribution < -0.4 is 0 Å². The molecule has 0 aliphatic carbocycles. The van der Waals surface area contributed by atoms with Crippen LogP contribution in [0.5, 0.6) is 0 Å². The van der Waals surface area contributed by atoms with Gasteiger partial charge in [-0.15, -0.1) is 0 Å². The van der Waals surface area contributed by atoms with E-state index in [1.165, 1.54) is 6.07 Å². The molecule has 0 saturated heterocycles. The second-order valence-corrected chi connectivity index (χ2v) is 5.43. The van der Waals surface area contributed by atoms with Gasteiger partial charge in [0.1, 0.15) is 0 Å². The minimum absolute atomic E-state index is 0.0622. The van der Waals surface area contributed by atoms with E-state index in [4.69, 9.17) is 11.6 Å². The molecule has 0 heterocycles.